The number of hydrogen-bond acceptors (Lipinski definition) is 9. The lowest BCUT2D eigenvalue weighted by Gasteiger charge is -2.31. The maximum atomic E-state index is 12.4. The van der Waals surface area contributed by atoms with Crippen LogP contribution in [0.15, 0.2) is 21.9 Å². The van der Waals surface area contributed by atoms with Crippen LogP contribution in [0.2, 0.25) is 0 Å². The van der Waals surface area contributed by atoms with Gasteiger partial charge in [0.25, 0.3) is 0 Å². The number of tetrazole rings is 1. The third kappa shape index (κ3) is 3.42. The predicted molar refractivity (Wildman–Crippen MR) is 93.3 cm³/mol. The van der Waals surface area contributed by atoms with Gasteiger partial charge in [0.05, 0.1) is 10.5 Å². The molecule has 2 aromatic rings. The minimum absolute atomic E-state index is 0.0173. The Hall–Kier alpha value is -2.09. The first-order valence-corrected chi connectivity index (χ1v) is 11.1. The normalized spacial score (nSPS) is 16.0. The first kappa shape index (κ1) is 18.7. The second kappa shape index (κ2) is 6.90. The highest BCUT2D eigenvalue weighted by Crippen LogP contribution is 2.39. The molecule has 1 aromatic heterocycles. The Morgan fingerprint density at radius 3 is 2.35 bits per heavy atom. The fourth-order valence-electron chi connectivity index (χ4n) is 3.06. The molecule has 5 N–H and O–H groups in total. The molecule has 0 unspecified atom stereocenters. The van der Waals surface area contributed by atoms with E-state index in [1.165, 1.54) is 6.07 Å². The number of primary sulfonamides is 1. The molecule has 0 atom stereocenters. The summed E-state index contributed by atoms with van der Waals surface area (Å²) in [6, 6.07) is 2.76. The maximum Gasteiger partial charge on any atom is 0.240 e. The number of nitrogens with one attached hydrogen (secondary N) is 1. The summed E-state index contributed by atoms with van der Waals surface area (Å²) in [5.41, 5.74) is 5.86. The van der Waals surface area contributed by atoms with Gasteiger partial charge in [0.1, 0.15) is 10.8 Å². The van der Waals surface area contributed by atoms with E-state index in [0.29, 0.717) is 18.8 Å². The summed E-state index contributed by atoms with van der Waals surface area (Å²) in [6.07, 6.45) is 2.93. The first-order valence-electron chi connectivity index (χ1n) is 7.87. The molecule has 3 rings (SSSR count). The van der Waals surface area contributed by atoms with Crippen LogP contribution in [0.25, 0.3) is 11.4 Å². The average Bonchev–Trinajstić information content (AvgIpc) is 3.15. The summed E-state index contributed by atoms with van der Waals surface area (Å²) in [5, 5.41) is 18.6. The van der Waals surface area contributed by atoms with Gasteiger partial charge in [0.15, 0.2) is 15.7 Å². The van der Waals surface area contributed by atoms with E-state index in [0.717, 1.165) is 19.3 Å². The van der Waals surface area contributed by atoms with E-state index < -0.39 is 35.5 Å². The third-order valence-electron chi connectivity index (χ3n) is 4.22. The number of anilines is 1. The van der Waals surface area contributed by atoms with Crippen molar-refractivity contribution in [2.75, 3.05) is 23.9 Å². The SMILES string of the molecule is NCS(=O)(=O)c1ccc(N2CCCCC2)c(-c2nnn[nH]2)c1S(N)(=O)=O. The van der Waals surface area contributed by atoms with Crippen molar-refractivity contribution in [1.29, 1.82) is 0 Å². The van der Waals surface area contributed by atoms with Crippen LogP contribution in [0, 0.1) is 0 Å². The summed E-state index contributed by atoms with van der Waals surface area (Å²) in [5.74, 6) is -0.740. The molecular weight excluding hydrogens is 382 g/mol. The zero-order valence-electron chi connectivity index (χ0n) is 13.8. The minimum Gasteiger partial charge on any atom is -0.371 e. The fraction of sp³-hybridized carbons (Fsp3) is 0.462. The predicted octanol–water partition coefficient (Wildman–Crippen LogP) is -0.806. The van der Waals surface area contributed by atoms with Crippen LogP contribution in [0.3, 0.4) is 0 Å². The number of piperidine rings is 1. The number of nitrogens with two attached hydrogens (primary N) is 2. The minimum atomic E-state index is -4.42. The van der Waals surface area contributed by atoms with Crippen molar-refractivity contribution in [3.8, 4) is 11.4 Å². The number of aromatic nitrogens is 4. The molecule has 1 saturated heterocycles. The van der Waals surface area contributed by atoms with Gasteiger partial charge in [-0.1, -0.05) is 0 Å². The first-order chi connectivity index (χ1) is 12.3. The molecule has 1 aromatic carbocycles. The number of hydrogen-bond donors (Lipinski definition) is 3. The van der Waals surface area contributed by atoms with Gasteiger partial charge in [-0.3, -0.25) is 0 Å². The van der Waals surface area contributed by atoms with Crippen molar-refractivity contribution in [2.24, 2.45) is 10.9 Å². The van der Waals surface area contributed by atoms with Crippen LogP contribution < -0.4 is 15.8 Å². The van der Waals surface area contributed by atoms with E-state index in [9.17, 15) is 16.8 Å². The van der Waals surface area contributed by atoms with Gasteiger partial charge in [-0.25, -0.2) is 27.1 Å². The summed E-state index contributed by atoms with van der Waals surface area (Å²) in [4.78, 5) is 0.953. The van der Waals surface area contributed by atoms with Crippen molar-refractivity contribution >= 4 is 25.5 Å². The molecule has 0 amide bonds. The molecule has 1 fully saturated rings. The van der Waals surface area contributed by atoms with Crippen LogP contribution >= 0.6 is 0 Å². The second-order valence-electron chi connectivity index (χ2n) is 5.91. The highest BCUT2D eigenvalue weighted by Gasteiger charge is 2.32. The molecule has 2 heterocycles. The Bertz CT molecular complexity index is 997. The van der Waals surface area contributed by atoms with Gasteiger partial charge in [-0.05, 0) is 41.8 Å². The Labute approximate surface area is 150 Å². The monoisotopic (exact) mass is 401 g/mol. The molecule has 142 valence electrons. The fourth-order valence-corrected chi connectivity index (χ4v) is 5.47. The van der Waals surface area contributed by atoms with Crippen LogP contribution in [-0.4, -0.2) is 56.4 Å². The molecule has 0 radical (unpaired) electrons. The van der Waals surface area contributed by atoms with Crippen LogP contribution in [0.4, 0.5) is 5.69 Å². The van der Waals surface area contributed by atoms with Crippen molar-refractivity contribution < 1.29 is 16.8 Å². The molecule has 0 spiro atoms. The van der Waals surface area contributed by atoms with E-state index in [1.807, 2.05) is 4.90 Å². The molecule has 0 bridgehead atoms. The highest BCUT2D eigenvalue weighted by molar-refractivity contribution is 7.93. The quantitative estimate of drug-likeness (QED) is 0.578. The van der Waals surface area contributed by atoms with Gasteiger partial charge >= 0.3 is 0 Å². The largest absolute Gasteiger partial charge is 0.371 e. The number of sulfone groups is 1. The third-order valence-corrected chi connectivity index (χ3v) is 6.79. The van der Waals surface area contributed by atoms with Crippen LogP contribution in [-0.2, 0) is 19.9 Å². The lowest BCUT2D eigenvalue weighted by atomic mass is 10.1. The average molecular weight is 401 g/mol. The maximum absolute atomic E-state index is 12.4. The van der Waals surface area contributed by atoms with E-state index in [1.54, 1.807) is 6.07 Å². The topological polar surface area (TPSA) is 178 Å². The van der Waals surface area contributed by atoms with Crippen LogP contribution in [0.1, 0.15) is 19.3 Å². The lowest BCUT2D eigenvalue weighted by Crippen LogP contribution is -2.31. The molecule has 0 aliphatic carbocycles. The van der Waals surface area contributed by atoms with Gasteiger partial charge in [0.2, 0.25) is 10.0 Å². The summed E-state index contributed by atoms with van der Waals surface area (Å²) >= 11 is 0. The number of nitrogens with zero attached hydrogens (tertiary/aromatic N) is 4. The Balaban J connectivity index is 2.38. The highest BCUT2D eigenvalue weighted by atomic mass is 32.2. The molecular formula is C13H19N7O4S2. The van der Waals surface area contributed by atoms with E-state index in [2.05, 4.69) is 20.6 Å². The van der Waals surface area contributed by atoms with Crippen molar-refractivity contribution in [2.45, 2.75) is 29.1 Å². The summed E-state index contributed by atoms with van der Waals surface area (Å²) < 4.78 is 49.4. The summed E-state index contributed by atoms with van der Waals surface area (Å²) in [7, 11) is -8.48. The smallest absolute Gasteiger partial charge is 0.240 e. The van der Waals surface area contributed by atoms with Crippen molar-refractivity contribution in [1.82, 2.24) is 20.6 Å². The van der Waals surface area contributed by atoms with Crippen molar-refractivity contribution in [3.05, 3.63) is 12.1 Å². The lowest BCUT2D eigenvalue weighted by molar-refractivity contribution is 0.575. The molecule has 11 nitrogen and oxygen atoms in total. The zero-order chi connectivity index (χ0) is 18.9. The second-order valence-corrected chi connectivity index (χ2v) is 9.41. The molecule has 13 heteroatoms. The molecule has 0 saturated carbocycles. The Morgan fingerprint density at radius 1 is 1.12 bits per heavy atom. The molecule has 26 heavy (non-hydrogen) atoms. The van der Waals surface area contributed by atoms with Gasteiger partial charge < -0.3 is 10.6 Å². The number of rotatable bonds is 5. The molecule has 1 aliphatic heterocycles. The van der Waals surface area contributed by atoms with Gasteiger partial charge in [0, 0.05) is 18.8 Å². The molecule has 1 aliphatic rings. The van der Waals surface area contributed by atoms with Crippen LogP contribution in [0.5, 0.6) is 0 Å². The number of H-pyrrole nitrogens is 1. The number of aromatic amines is 1. The standard InChI is InChI=1S/C13H19N7O4S2/c14-8-25(21,22)10-5-4-9(20-6-2-1-3-7-20)11(12(10)26(15,23)24)13-16-18-19-17-13/h4-5H,1-3,6-8,14H2,(H2,15,23,24)(H,16,17,18,19). The van der Waals surface area contributed by atoms with E-state index in [4.69, 9.17) is 10.9 Å². The Morgan fingerprint density at radius 2 is 1.81 bits per heavy atom. The number of benzene rings is 1. The van der Waals surface area contributed by atoms with E-state index >= 15 is 0 Å². The van der Waals surface area contributed by atoms with E-state index in [-0.39, 0.29) is 11.4 Å². The Kier molecular flexibility index (Phi) is 4.96. The zero-order valence-corrected chi connectivity index (χ0v) is 15.4. The summed E-state index contributed by atoms with van der Waals surface area (Å²) in [6.45, 7) is 1.39. The number of sulfonamides is 1. The van der Waals surface area contributed by atoms with Gasteiger partial charge in [-0.2, -0.15) is 0 Å². The van der Waals surface area contributed by atoms with Crippen molar-refractivity contribution in [3.63, 3.8) is 0 Å². The van der Waals surface area contributed by atoms with Gasteiger partial charge in [-0.15, -0.1) is 5.10 Å².